The zero-order chi connectivity index (χ0) is 16.8. The van der Waals surface area contributed by atoms with Crippen molar-refractivity contribution in [3.63, 3.8) is 0 Å². The maximum absolute atomic E-state index is 11.8. The molecular weight excluding hydrogens is 300 g/mol. The van der Waals surface area contributed by atoms with Gasteiger partial charge in [0.2, 0.25) is 0 Å². The van der Waals surface area contributed by atoms with Crippen LogP contribution >= 0.6 is 0 Å². The SMILES string of the molecule is Cc1noc(C)c1C[C@@H](NC(=O)OCc1ccccc1)C(=O)O. The molecule has 0 saturated carbocycles. The lowest BCUT2D eigenvalue weighted by atomic mass is 10.0. The van der Waals surface area contributed by atoms with E-state index in [9.17, 15) is 14.7 Å². The van der Waals surface area contributed by atoms with Gasteiger partial charge in [-0.15, -0.1) is 0 Å². The Hall–Kier alpha value is -2.83. The van der Waals surface area contributed by atoms with Gasteiger partial charge in [-0.3, -0.25) is 0 Å². The summed E-state index contributed by atoms with van der Waals surface area (Å²) in [5, 5.41) is 15.4. The molecule has 1 amide bonds. The summed E-state index contributed by atoms with van der Waals surface area (Å²) in [5.41, 5.74) is 2.09. The topological polar surface area (TPSA) is 102 Å². The second kappa shape index (κ2) is 7.44. The van der Waals surface area contributed by atoms with Crippen LogP contribution < -0.4 is 5.32 Å². The normalized spacial score (nSPS) is 11.7. The fourth-order valence-electron chi connectivity index (χ4n) is 2.10. The van der Waals surface area contributed by atoms with Gasteiger partial charge in [-0.05, 0) is 19.4 Å². The van der Waals surface area contributed by atoms with E-state index in [0.717, 1.165) is 5.56 Å². The van der Waals surface area contributed by atoms with E-state index in [2.05, 4.69) is 10.5 Å². The van der Waals surface area contributed by atoms with Crippen molar-refractivity contribution in [1.82, 2.24) is 10.5 Å². The highest BCUT2D eigenvalue weighted by Gasteiger charge is 2.24. The number of nitrogens with zero attached hydrogens (tertiary/aromatic N) is 1. The first-order valence-electron chi connectivity index (χ1n) is 7.09. The molecule has 2 rings (SSSR count). The quantitative estimate of drug-likeness (QED) is 0.846. The molecule has 0 spiro atoms. The van der Waals surface area contributed by atoms with E-state index in [0.29, 0.717) is 17.0 Å². The standard InChI is InChI=1S/C16H18N2O5/c1-10-13(11(2)23-18-10)8-14(15(19)20)17-16(21)22-9-12-6-4-3-5-7-12/h3-7,14H,8-9H2,1-2H3,(H,17,21)(H,19,20)/t14-/m1/s1. The van der Waals surface area contributed by atoms with Gasteiger partial charge in [-0.2, -0.15) is 0 Å². The van der Waals surface area contributed by atoms with Crippen LogP contribution in [0.4, 0.5) is 4.79 Å². The number of carbonyl (C=O) groups excluding carboxylic acids is 1. The van der Waals surface area contributed by atoms with E-state index in [1.165, 1.54) is 0 Å². The number of hydrogen-bond donors (Lipinski definition) is 2. The van der Waals surface area contributed by atoms with Gasteiger partial charge >= 0.3 is 12.1 Å². The first-order valence-corrected chi connectivity index (χ1v) is 7.09. The van der Waals surface area contributed by atoms with Crippen molar-refractivity contribution >= 4 is 12.1 Å². The van der Waals surface area contributed by atoms with Gasteiger partial charge < -0.3 is 19.7 Å². The van der Waals surface area contributed by atoms with Crippen LogP contribution in [0.5, 0.6) is 0 Å². The summed E-state index contributed by atoms with van der Waals surface area (Å²) in [6.45, 7) is 3.49. The molecule has 1 aromatic carbocycles. The molecule has 0 fully saturated rings. The van der Waals surface area contributed by atoms with Crippen LogP contribution in [0.1, 0.15) is 22.6 Å². The minimum atomic E-state index is -1.15. The Labute approximate surface area is 133 Å². The number of benzene rings is 1. The monoisotopic (exact) mass is 318 g/mol. The summed E-state index contributed by atoms with van der Waals surface area (Å²) in [4.78, 5) is 23.1. The predicted molar refractivity (Wildman–Crippen MR) is 80.9 cm³/mol. The number of aliphatic carboxylic acids is 1. The van der Waals surface area contributed by atoms with Crippen molar-refractivity contribution in [3.05, 3.63) is 52.9 Å². The highest BCUT2D eigenvalue weighted by Crippen LogP contribution is 2.14. The molecule has 0 aliphatic heterocycles. The van der Waals surface area contributed by atoms with E-state index >= 15 is 0 Å². The molecule has 0 aliphatic carbocycles. The fourth-order valence-corrected chi connectivity index (χ4v) is 2.10. The third kappa shape index (κ3) is 4.57. The lowest BCUT2D eigenvalue weighted by Gasteiger charge is -2.14. The second-order valence-corrected chi connectivity index (χ2v) is 5.10. The number of ether oxygens (including phenoxy) is 1. The Balaban J connectivity index is 1.94. The Morgan fingerprint density at radius 3 is 2.57 bits per heavy atom. The van der Waals surface area contributed by atoms with E-state index in [1.807, 2.05) is 30.3 Å². The molecule has 7 nitrogen and oxygen atoms in total. The Kier molecular flexibility index (Phi) is 5.35. The molecular formula is C16H18N2O5. The van der Waals surface area contributed by atoms with Crippen molar-refractivity contribution in [2.75, 3.05) is 0 Å². The molecule has 0 aliphatic rings. The van der Waals surface area contributed by atoms with Gasteiger partial charge in [0.25, 0.3) is 0 Å². The van der Waals surface area contributed by atoms with Crippen molar-refractivity contribution in [2.45, 2.75) is 32.9 Å². The van der Waals surface area contributed by atoms with Crippen LogP contribution in [0.15, 0.2) is 34.9 Å². The lowest BCUT2D eigenvalue weighted by molar-refractivity contribution is -0.139. The van der Waals surface area contributed by atoms with Crippen molar-refractivity contribution < 1.29 is 24.0 Å². The number of carboxylic acids is 1. The number of aryl methyl sites for hydroxylation is 2. The summed E-state index contributed by atoms with van der Waals surface area (Å²) in [7, 11) is 0. The zero-order valence-corrected chi connectivity index (χ0v) is 12.9. The van der Waals surface area contributed by atoms with Gasteiger partial charge in [-0.25, -0.2) is 9.59 Å². The summed E-state index contributed by atoms with van der Waals surface area (Å²) in [6, 6.07) is 8.02. The number of carboxylic acid groups (broad SMARTS) is 1. The van der Waals surface area contributed by atoms with Gasteiger partial charge in [0.15, 0.2) is 0 Å². The van der Waals surface area contributed by atoms with Crippen LogP contribution in [0, 0.1) is 13.8 Å². The van der Waals surface area contributed by atoms with Crippen LogP contribution in [-0.4, -0.2) is 28.4 Å². The number of hydrogen-bond acceptors (Lipinski definition) is 5. The average molecular weight is 318 g/mol. The number of amides is 1. The highest BCUT2D eigenvalue weighted by atomic mass is 16.5. The molecule has 0 bridgehead atoms. The first kappa shape index (κ1) is 16.5. The predicted octanol–water partition coefficient (Wildman–Crippen LogP) is 2.21. The minimum Gasteiger partial charge on any atom is -0.480 e. The number of carbonyl (C=O) groups is 2. The van der Waals surface area contributed by atoms with Crippen molar-refractivity contribution in [2.24, 2.45) is 0 Å². The smallest absolute Gasteiger partial charge is 0.408 e. The third-order valence-electron chi connectivity index (χ3n) is 3.39. The van der Waals surface area contributed by atoms with Crippen LogP contribution in [0.2, 0.25) is 0 Å². The molecule has 0 saturated heterocycles. The molecule has 2 aromatic rings. The molecule has 1 atom stereocenters. The van der Waals surface area contributed by atoms with E-state index in [1.54, 1.807) is 13.8 Å². The van der Waals surface area contributed by atoms with Crippen LogP contribution in [0.3, 0.4) is 0 Å². The molecule has 0 radical (unpaired) electrons. The number of alkyl carbamates (subject to hydrolysis) is 1. The molecule has 7 heteroatoms. The van der Waals surface area contributed by atoms with Crippen LogP contribution in [-0.2, 0) is 22.6 Å². The summed E-state index contributed by atoms with van der Waals surface area (Å²) in [6.07, 6.45) is -0.704. The highest BCUT2D eigenvalue weighted by molar-refractivity contribution is 5.80. The Morgan fingerprint density at radius 2 is 2.00 bits per heavy atom. The maximum Gasteiger partial charge on any atom is 0.408 e. The van der Waals surface area contributed by atoms with Crippen molar-refractivity contribution in [3.8, 4) is 0 Å². The number of rotatable bonds is 6. The van der Waals surface area contributed by atoms with Gasteiger partial charge in [0.1, 0.15) is 18.4 Å². The third-order valence-corrected chi connectivity index (χ3v) is 3.39. The zero-order valence-electron chi connectivity index (χ0n) is 12.9. The number of nitrogens with one attached hydrogen (secondary N) is 1. The number of aromatic nitrogens is 1. The lowest BCUT2D eigenvalue weighted by Crippen LogP contribution is -2.42. The van der Waals surface area contributed by atoms with Gasteiger partial charge in [0.05, 0.1) is 5.69 Å². The molecule has 1 aromatic heterocycles. The van der Waals surface area contributed by atoms with E-state index < -0.39 is 18.1 Å². The maximum atomic E-state index is 11.8. The second-order valence-electron chi connectivity index (χ2n) is 5.10. The molecule has 122 valence electrons. The summed E-state index contributed by atoms with van der Waals surface area (Å²) in [5.74, 6) is -0.616. The Bertz CT molecular complexity index is 662. The van der Waals surface area contributed by atoms with Gasteiger partial charge in [-0.1, -0.05) is 35.5 Å². The average Bonchev–Trinajstić information content (AvgIpc) is 2.85. The molecule has 2 N–H and O–H groups in total. The molecule has 1 heterocycles. The largest absolute Gasteiger partial charge is 0.480 e. The minimum absolute atomic E-state index is 0.0737. The summed E-state index contributed by atoms with van der Waals surface area (Å²) >= 11 is 0. The molecule has 0 unspecified atom stereocenters. The summed E-state index contributed by atoms with van der Waals surface area (Å²) < 4.78 is 10.0. The fraction of sp³-hybridized carbons (Fsp3) is 0.312. The molecule has 23 heavy (non-hydrogen) atoms. The Morgan fingerprint density at radius 1 is 1.30 bits per heavy atom. The van der Waals surface area contributed by atoms with Crippen molar-refractivity contribution in [1.29, 1.82) is 0 Å². The van der Waals surface area contributed by atoms with Crippen LogP contribution in [0.25, 0.3) is 0 Å². The van der Waals surface area contributed by atoms with Gasteiger partial charge in [0, 0.05) is 12.0 Å². The van der Waals surface area contributed by atoms with E-state index in [-0.39, 0.29) is 13.0 Å². The van der Waals surface area contributed by atoms with E-state index in [4.69, 9.17) is 9.26 Å². The first-order chi connectivity index (χ1) is 11.0.